The smallest absolute Gasteiger partial charge is 0.306 e. The summed E-state index contributed by atoms with van der Waals surface area (Å²) in [5.74, 6) is -0.455. The van der Waals surface area contributed by atoms with Gasteiger partial charge in [-0.3, -0.25) is 9.59 Å². The highest BCUT2D eigenvalue weighted by atomic mass is 16.5. The maximum absolute atomic E-state index is 13.1. The predicted octanol–water partition coefficient (Wildman–Crippen LogP) is 14.4. The first kappa shape index (κ1) is 53.9. The van der Waals surface area contributed by atoms with Crippen molar-refractivity contribution < 1.29 is 24.5 Å². The molecule has 0 saturated heterocycles. The number of esters is 1. The largest absolute Gasteiger partial charge is 0.462 e. The molecule has 0 aliphatic rings. The van der Waals surface area contributed by atoms with E-state index in [-0.39, 0.29) is 24.9 Å². The number of unbranched alkanes of at least 4 members (excludes halogenated alkanes) is 33. The molecule has 0 aliphatic heterocycles. The maximum Gasteiger partial charge on any atom is 0.306 e. The molecule has 0 aromatic heterocycles. The summed E-state index contributed by atoms with van der Waals surface area (Å²) in [6.07, 6.45) is 45.9. The van der Waals surface area contributed by atoms with Gasteiger partial charge in [-0.05, 0) is 25.7 Å². The highest BCUT2D eigenvalue weighted by Crippen LogP contribution is 2.18. The van der Waals surface area contributed by atoms with Gasteiger partial charge in [-0.2, -0.15) is 0 Å². The molecule has 0 radical (unpaired) electrons. The van der Waals surface area contributed by atoms with Crippen molar-refractivity contribution in [2.45, 2.75) is 296 Å². The van der Waals surface area contributed by atoms with E-state index in [1.807, 2.05) is 0 Å². The standard InChI is InChI=1S/C49H97NO5/c1-4-7-10-13-16-19-22-24-26-29-32-35-38-41-47(52)46(44-51)50-48(53)43-45(40-37-34-31-28-21-18-15-12-9-6-3)55-49(54)42-39-36-33-30-27-25-23-20-17-14-11-8-5-2/h45-47,51-52H,4-44H2,1-3H3,(H,50,53). The third-order valence-electron chi connectivity index (χ3n) is 11.7. The molecule has 0 bridgehead atoms. The fourth-order valence-corrected chi connectivity index (χ4v) is 7.90. The average molecular weight is 780 g/mol. The third-order valence-corrected chi connectivity index (χ3v) is 11.7. The van der Waals surface area contributed by atoms with Crippen molar-refractivity contribution >= 4 is 11.9 Å². The molecule has 3 unspecified atom stereocenters. The average Bonchev–Trinajstić information content (AvgIpc) is 3.18. The van der Waals surface area contributed by atoms with Gasteiger partial charge in [0, 0.05) is 6.42 Å². The molecule has 0 heterocycles. The molecule has 0 saturated carbocycles. The number of amides is 1. The molecule has 0 aromatic rings. The molecular formula is C49H97NO5. The van der Waals surface area contributed by atoms with Gasteiger partial charge in [0.05, 0.1) is 25.2 Å². The normalized spacial score (nSPS) is 13.2. The van der Waals surface area contributed by atoms with Gasteiger partial charge in [-0.25, -0.2) is 0 Å². The first-order valence-corrected chi connectivity index (χ1v) is 24.8. The van der Waals surface area contributed by atoms with E-state index in [2.05, 4.69) is 26.1 Å². The fourth-order valence-electron chi connectivity index (χ4n) is 7.90. The minimum Gasteiger partial charge on any atom is -0.462 e. The van der Waals surface area contributed by atoms with Gasteiger partial charge in [0.15, 0.2) is 0 Å². The third kappa shape index (κ3) is 39.5. The monoisotopic (exact) mass is 780 g/mol. The molecule has 0 fully saturated rings. The number of rotatable bonds is 45. The summed E-state index contributed by atoms with van der Waals surface area (Å²) in [5.41, 5.74) is 0. The van der Waals surface area contributed by atoms with Crippen molar-refractivity contribution in [3.63, 3.8) is 0 Å². The van der Waals surface area contributed by atoms with Crippen LogP contribution in [0, 0.1) is 0 Å². The van der Waals surface area contributed by atoms with Crippen molar-refractivity contribution in [2.24, 2.45) is 0 Å². The Balaban J connectivity index is 4.47. The van der Waals surface area contributed by atoms with Gasteiger partial charge in [-0.1, -0.05) is 239 Å². The number of aliphatic hydroxyl groups excluding tert-OH is 2. The number of hydrogen-bond donors (Lipinski definition) is 3. The summed E-state index contributed by atoms with van der Waals surface area (Å²) in [4.78, 5) is 26.0. The molecule has 6 heteroatoms. The van der Waals surface area contributed by atoms with Crippen LogP contribution in [0.1, 0.15) is 278 Å². The Labute approximate surface area is 343 Å². The van der Waals surface area contributed by atoms with Crippen molar-refractivity contribution in [3.05, 3.63) is 0 Å². The Morgan fingerprint density at radius 2 is 0.764 bits per heavy atom. The second-order valence-electron chi connectivity index (χ2n) is 17.2. The first-order valence-electron chi connectivity index (χ1n) is 24.8. The van der Waals surface area contributed by atoms with Gasteiger partial charge < -0.3 is 20.3 Å². The second kappa shape index (κ2) is 44.0. The Hall–Kier alpha value is -1.14. The lowest BCUT2D eigenvalue weighted by Crippen LogP contribution is -2.46. The van der Waals surface area contributed by atoms with E-state index in [0.717, 1.165) is 38.5 Å². The zero-order chi connectivity index (χ0) is 40.3. The molecule has 1 amide bonds. The molecule has 55 heavy (non-hydrogen) atoms. The zero-order valence-corrected chi connectivity index (χ0v) is 37.3. The Morgan fingerprint density at radius 3 is 1.11 bits per heavy atom. The highest BCUT2D eigenvalue weighted by Gasteiger charge is 2.24. The van der Waals surface area contributed by atoms with Crippen molar-refractivity contribution in [1.82, 2.24) is 5.32 Å². The predicted molar refractivity (Wildman–Crippen MR) is 237 cm³/mol. The summed E-state index contributed by atoms with van der Waals surface area (Å²) in [6.45, 7) is 6.49. The van der Waals surface area contributed by atoms with Crippen LogP contribution in [0.4, 0.5) is 0 Å². The fraction of sp³-hybridized carbons (Fsp3) is 0.959. The molecule has 0 aliphatic carbocycles. The molecule has 328 valence electrons. The molecule has 3 N–H and O–H groups in total. The van der Waals surface area contributed by atoms with Crippen LogP contribution in [0.2, 0.25) is 0 Å². The first-order chi connectivity index (χ1) is 27.0. The molecular weight excluding hydrogens is 683 g/mol. The lowest BCUT2D eigenvalue weighted by atomic mass is 10.0. The van der Waals surface area contributed by atoms with E-state index in [0.29, 0.717) is 19.3 Å². The van der Waals surface area contributed by atoms with Gasteiger partial charge in [0.1, 0.15) is 6.10 Å². The Morgan fingerprint density at radius 1 is 0.455 bits per heavy atom. The molecule has 0 rings (SSSR count). The minimum atomic E-state index is -0.778. The molecule has 0 spiro atoms. The number of carbonyl (C=O) groups is 2. The lowest BCUT2D eigenvalue weighted by Gasteiger charge is -2.24. The molecule has 0 aromatic carbocycles. The topological polar surface area (TPSA) is 95.9 Å². The minimum absolute atomic E-state index is 0.0870. The van der Waals surface area contributed by atoms with Crippen LogP contribution in [0.5, 0.6) is 0 Å². The van der Waals surface area contributed by atoms with Crippen LogP contribution in [-0.2, 0) is 14.3 Å². The second-order valence-corrected chi connectivity index (χ2v) is 17.2. The molecule has 6 nitrogen and oxygen atoms in total. The number of carbonyl (C=O) groups excluding carboxylic acids is 2. The lowest BCUT2D eigenvalue weighted by molar-refractivity contribution is -0.151. The summed E-state index contributed by atoms with van der Waals surface area (Å²) in [7, 11) is 0. The Kier molecular flexibility index (Phi) is 43.1. The highest BCUT2D eigenvalue weighted by molar-refractivity contribution is 5.77. The Bertz CT molecular complexity index is 791. The number of aliphatic hydroxyl groups is 2. The van der Waals surface area contributed by atoms with Crippen molar-refractivity contribution in [3.8, 4) is 0 Å². The van der Waals surface area contributed by atoms with E-state index < -0.39 is 18.2 Å². The number of ether oxygens (including phenoxy) is 1. The summed E-state index contributed by atoms with van der Waals surface area (Å²) < 4.78 is 5.91. The van der Waals surface area contributed by atoms with Crippen molar-refractivity contribution in [1.29, 1.82) is 0 Å². The van der Waals surface area contributed by atoms with E-state index in [4.69, 9.17) is 4.74 Å². The summed E-state index contributed by atoms with van der Waals surface area (Å²) in [5, 5.41) is 23.7. The van der Waals surface area contributed by atoms with Gasteiger partial charge in [0.25, 0.3) is 0 Å². The van der Waals surface area contributed by atoms with Crippen LogP contribution in [0.25, 0.3) is 0 Å². The van der Waals surface area contributed by atoms with Crippen molar-refractivity contribution in [2.75, 3.05) is 6.61 Å². The SMILES string of the molecule is CCCCCCCCCCCCCCCC(=O)OC(CCCCCCCCCCCC)CC(=O)NC(CO)C(O)CCCCCCCCCCCCCCC. The van der Waals surface area contributed by atoms with E-state index in [1.165, 1.54) is 193 Å². The van der Waals surface area contributed by atoms with Gasteiger partial charge in [0.2, 0.25) is 5.91 Å². The quantitative estimate of drug-likeness (QED) is 0.0422. The summed E-state index contributed by atoms with van der Waals surface area (Å²) >= 11 is 0. The van der Waals surface area contributed by atoms with Crippen LogP contribution < -0.4 is 5.32 Å². The van der Waals surface area contributed by atoms with E-state index >= 15 is 0 Å². The van der Waals surface area contributed by atoms with Gasteiger partial charge >= 0.3 is 5.97 Å². The van der Waals surface area contributed by atoms with Crippen LogP contribution in [0.3, 0.4) is 0 Å². The maximum atomic E-state index is 13.1. The van der Waals surface area contributed by atoms with E-state index in [9.17, 15) is 19.8 Å². The zero-order valence-electron chi connectivity index (χ0n) is 37.3. The van der Waals surface area contributed by atoms with Crippen LogP contribution >= 0.6 is 0 Å². The molecule has 3 atom stereocenters. The number of hydrogen-bond acceptors (Lipinski definition) is 5. The van der Waals surface area contributed by atoms with Crippen LogP contribution in [-0.4, -0.2) is 46.9 Å². The number of nitrogens with one attached hydrogen (secondary N) is 1. The van der Waals surface area contributed by atoms with Crippen LogP contribution in [0.15, 0.2) is 0 Å². The summed E-state index contributed by atoms with van der Waals surface area (Å²) in [6, 6.07) is -0.690. The van der Waals surface area contributed by atoms with E-state index in [1.54, 1.807) is 0 Å². The van der Waals surface area contributed by atoms with Gasteiger partial charge in [-0.15, -0.1) is 0 Å².